The number of anilines is 1. The van der Waals surface area contributed by atoms with Crippen LogP contribution in [-0.2, 0) is 9.59 Å². The smallest absolute Gasteiger partial charge is 0.277 e. The summed E-state index contributed by atoms with van der Waals surface area (Å²) in [5, 5.41) is 7.38. The SMILES string of the molecule is CC(CC(=O)Nc1ccc2c(c1)OCO2)=NNC(=O)COc1ccc(Cl)cc1Cl. The van der Waals surface area contributed by atoms with Crippen LogP contribution in [0, 0.1) is 0 Å². The van der Waals surface area contributed by atoms with Gasteiger partial charge in [-0.05, 0) is 37.3 Å². The fourth-order valence-electron chi connectivity index (χ4n) is 2.38. The van der Waals surface area contributed by atoms with Crippen molar-refractivity contribution in [1.82, 2.24) is 5.43 Å². The van der Waals surface area contributed by atoms with E-state index in [2.05, 4.69) is 15.8 Å². The summed E-state index contributed by atoms with van der Waals surface area (Å²) in [6.45, 7) is 1.49. The molecule has 0 bridgehead atoms. The highest BCUT2D eigenvalue weighted by Gasteiger charge is 2.14. The molecule has 0 fully saturated rings. The molecular formula is C19H17Cl2N3O5. The minimum absolute atomic E-state index is 0.00140. The van der Waals surface area contributed by atoms with Crippen LogP contribution < -0.4 is 25.0 Å². The van der Waals surface area contributed by atoms with Crippen LogP contribution in [0.25, 0.3) is 0 Å². The molecule has 0 spiro atoms. The summed E-state index contributed by atoms with van der Waals surface area (Å²) < 4.78 is 15.8. The molecule has 1 aliphatic rings. The summed E-state index contributed by atoms with van der Waals surface area (Å²) in [5.41, 5.74) is 3.32. The van der Waals surface area contributed by atoms with Gasteiger partial charge < -0.3 is 19.5 Å². The largest absolute Gasteiger partial charge is 0.482 e. The van der Waals surface area contributed by atoms with Gasteiger partial charge in [-0.2, -0.15) is 5.10 Å². The van der Waals surface area contributed by atoms with Crippen LogP contribution in [0.1, 0.15) is 13.3 Å². The topological polar surface area (TPSA) is 98.3 Å². The first-order chi connectivity index (χ1) is 13.9. The normalized spacial score (nSPS) is 12.4. The van der Waals surface area contributed by atoms with E-state index in [1.807, 2.05) is 0 Å². The monoisotopic (exact) mass is 437 g/mol. The lowest BCUT2D eigenvalue weighted by Crippen LogP contribution is -2.26. The van der Waals surface area contributed by atoms with Gasteiger partial charge >= 0.3 is 0 Å². The highest BCUT2D eigenvalue weighted by atomic mass is 35.5. The second kappa shape index (κ2) is 9.49. The molecule has 8 nitrogen and oxygen atoms in total. The van der Waals surface area contributed by atoms with Gasteiger partial charge in [-0.25, -0.2) is 5.43 Å². The van der Waals surface area contributed by atoms with E-state index >= 15 is 0 Å². The Morgan fingerprint density at radius 2 is 1.90 bits per heavy atom. The number of nitrogens with one attached hydrogen (secondary N) is 2. The van der Waals surface area contributed by atoms with E-state index in [0.29, 0.717) is 38.7 Å². The molecule has 2 amide bonds. The standard InChI is InChI=1S/C19H17Cl2N3O5/c1-11(6-18(25)22-13-3-5-16-17(8-13)29-10-28-16)23-24-19(26)9-27-15-4-2-12(20)7-14(15)21/h2-5,7-8H,6,9-10H2,1H3,(H,22,25)(H,24,26). The average molecular weight is 438 g/mol. The molecule has 0 aromatic heterocycles. The molecule has 0 radical (unpaired) electrons. The van der Waals surface area contributed by atoms with E-state index in [9.17, 15) is 9.59 Å². The summed E-state index contributed by atoms with van der Waals surface area (Å²) in [4.78, 5) is 24.0. The molecule has 152 valence electrons. The number of hydrazone groups is 1. The van der Waals surface area contributed by atoms with Crippen molar-refractivity contribution in [1.29, 1.82) is 0 Å². The molecule has 0 aliphatic carbocycles. The summed E-state index contributed by atoms with van der Waals surface area (Å²) >= 11 is 11.8. The van der Waals surface area contributed by atoms with Crippen molar-refractivity contribution in [2.45, 2.75) is 13.3 Å². The van der Waals surface area contributed by atoms with Gasteiger partial charge in [-0.3, -0.25) is 9.59 Å². The van der Waals surface area contributed by atoms with Gasteiger partial charge in [0.15, 0.2) is 18.1 Å². The van der Waals surface area contributed by atoms with Gasteiger partial charge in [0.25, 0.3) is 5.91 Å². The number of ether oxygens (including phenoxy) is 3. The average Bonchev–Trinajstić information content (AvgIpc) is 3.13. The highest BCUT2D eigenvalue weighted by Crippen LogP contribution is 2.34. The zero-order valence-corrected chi connectivity index (χ0v) is 16.8. The van der Waals surface area contributed by atoms with Crippen molar-refractivity contribution < 1.29 is 23.8 Å². The Labute approximate surface area is 176 Å². The van der Waals surface area contributed by atoms with Crippen LogP contribution in [0.3, 0.4) is 0 Å². The number of halogens is 2. The minimum Gasteiger partial charge on any atom is -0.482 e. The number of hydrogen-bond acceptors (Lipinski definition) is 6. The zero-order valence-electron chi connectivity index (χ0n) is 15.3. The second-order valence-electron chi connectivity index (χ2n) is 6.04. The maximum atomic E-state index is 12.1. The number of carbonyl (C=O) groups is 2. The number of benzene rings is 2. The van der Waals surface area contributed by atoms with E-state index in [-0.39, 0.29) is 25.7 Å². The third kappa shape index (κ3) is 6.00. The minimum atomic E-state index is -0.494. The number of fused-ring (bicyclic) bond motifs is 1. The lowest BCUT2D eigenvalue weighted by atomic mass is 10.2. The van der Waals surface area contributed by atoms with Crippen LogP contribution in [0.15, 0.2) is 41.5 Å². The molecule has 2 aromatic carbocycles. The molecule has 2 N–H and O–H groups in total. The van der Waals surface area contributed by atoms with E-state index in [0.717, 1.165) is 0 Å². The van der Waals surface area contributed by atoms with Crippen LogP contribution in [-0.4, -0.2) is 30.9 Å². The predicted octanol–water partition coefficient (Wildman–Crippen LogP) is 3.62. The molecule has 1 aliphatic heterocycles. The van der Waals surface area contributed by atoms with Gasteiger partial charge in [-0.15, -0.1) is 0 Å². The van der Waals surface area contributed by atoms with Crippen LogP contribution in [0.5, 0.6) is 17.2 Å². The van der Waals surface area contributed by atoms with E-state index < -0.39 is 5.91 Å². The van der Waals surface area contributed by atoms with E-state index in [1.165, 1.54) is 6.07 Å². The third-order valence-corrected chi connectivity index (χ3v) is 4.23. The Morgan fingerprint density at radius 1 is 1.10 bits per heavy atom. The summed E-state index contributed by atoms with van der Waals surface area (Å²) in [7, 11) is 0. The Bertz CT molecular complexity index is 965. The van der Waals surface area contributed by atoms with Crippen LogP contribution in [0.4, 0.5) is 5.69 Å². The van der Waals surface area contributed by atoms with Gasteiger partial charge in [0.1, 0.15) is 5.75 Å². The first kappa shape index (κ1) is 20.8. The van der Waals surface area contributed by atoms with Crippen molar-refractivity contribution in [3.8, 4) is 17.2 Å². The molecule has 10 heteroatoms. The summed E-state index contributed by atoms with van der Waals surface area (Å²) in [6.07, 6.45) is -0.00140. The van der Waals surface area contributed by atoms with Crippen molar-refractivity contribution in [3.05, 3.63) is 46.4 Å². The fourth-order valence-corrected chi connectivity index (χ4v) is 2.84. The van der Waals surface area contributed by atoms with Crippen molar-refractivity contribution in [3.63, 3.8) is 0 Å². The molecule has 29 heavy (non-hydrogen) atoms. The van der Waals surface area contributed by atoms with E-state index in [4.69, 9.17) is 37.4 Å². The first-order valence-corrected chi connectivity index (χ1v) is 9.25. The van der Waals surface area contributed by atoms with E-state index in [1.54, 1.807) is 37.3 Å². The molecule has 0 saturated heterocycles. The Morgan fingerprint density at radius 3 is 2.69 bits per heavy atom. The molecule has 0 saturated carbocycles. The van der Waals surface area contributed by atoms with Gasteiger partial charge in [-0.1, -0.05) is 23.2 Å². The second-order valence-corrected chi connectivity index (χ2v) is 6.88. The van der Waals surface area contributed by atoms with Crippen LogP contribution in [0.2, 0.25) is 10.0 Å². The molecule has 0 atom stereocenters. The number of hydrogen-bond donors (Lipinski definition) is 2. The van der Waals surface area contributed by atoms with Gasteiger partial charge in [0.2, 0.25) is 12.7 Å². The Balaban J connectivity index is 1.44. The molecule has 0 unspecified atom stereocenters. The van der Waals surface area contributed by atoms with Crippen molar-refractivity contribution in [2.24, 2.45) is 5.10 Å². The fraction of sp³-hybridized carbons (Fsp3) is 0.211. The Hall–Kier alpha value is -2.97. The predicted molar refractivity (Wildman–Crippen MR) is 109 cm³/mol. The molecule has 1 heterocycles. The number of rotatable bonds is 7. The van der Waals surface area contributed by atoms with Crippen molar-refractivity contribution in [2.75, 3.05) is 18.7 Å². The highest BCUT2D eigenvalue weighted by molar-refractivity contribution is 6.35. The quantitative estimate of drug-likeness (QED) is 0.508. The number of nitrogens with zero attached hydrogens (tertiary/aromatic N) is 1. The number of amides is 2. The molecule has 2 aromatic rings. The summed E-state index contributed by atoms with van der Waals surface area (Å²) in [5.74, 6) is 0.747. The lowest BCUT2D eigenvalue weighted by Gasteiger charge is -2.08. The van der Waals surface area contributed by atoms with Crippen LogP contribution >= 0.6 is 23.2 Å². The molecule has 3 rings (SSSR count). The maximum Gasteiger partial charge on any atom is 0.277 e. The Kier molecular flexibility index (Phi) is 6.79. The van der Waals surface area contributed by atoms with Gasteiger partial charge in [0, 0.05) is 22.5 Å². The summed E-state index contributed by atoms with van der Waals surface area (Å²) in [6, 6.07) is 9.77. The van der Waals surface area contributed by atoms with Crippen molar-refractivity contribution >= 4 is 46.4 Å². The maximum absolute atomic E-state index is 12.1. The zero-order chi connectivity index (χ0) is 20.8. The van der Waals surface area contributed by atoms with Gasteiger partial charge in [0.05, 0.1) is 11.4 Å². The third-order valence-electron chi connectivity index (χ3n) is 3.70. The molecular weight excluding hydrogens is 421 g/mol. The first-order valence-electron chi connectivity index (χ1n) is 8.50. The number of carbonyl (C=O) groups excluding carboxylic acids is 2. The lowest BCUT2D eigenvalue weighted by molar-refractivity contribution is -0.123.